The van der Waals surface area contributed by atoms with Gasteiger partial charge in [-0.05, 0) is 0 Å². The molecule has 0 unspecified atom stereocenters. The summed E-state index contributed by atoms with van der Waals surface area (Å²) in [6.45, 7) is 2.74. The van der Waals surface area contributed by atoms with Crippen LogP contribution in [-0.4, -0.2) is 41.9 Å². The van der Waals surface area contributed by atoms with Gasteiger partial charge in [-0.1, -0.05) is 0 Å². The van der Waals surface area contributed by atoms with Crippen molar-refractivity contribution in [1.82, 2.24) is 15.3 Å². The Hall–Kier alpha value is -1.60. The largest absolute Gasteiger partial charge is 0.466 e. The van der Waals surface area contributed by atoms with Crippen molar-refractivity contribution in [1.29, 1.82) is 0 Å². The second-order valence-corrected chi connectivity index (χ2v) is 4.44. The summed E-state index contributed by atoms with van der Waals surface area (Å²) >= 11 is 0. The maximum absolute atomic E-state index is 5.88. The van der Waals surface area contributed by atoms with Gasteiger partial charge in [0.05, 0.1) is 18.8 Å². The van der Waals surface area contributed by atoms with Gasteiger partial charge in [-0.25, -0.2) is 0 Å². The van der Waals surface area contributed by atoms with E-state index in [9.17, 15) is 0 Å². The number of hydrogen-bond donors (Lipinski definition) is 3. The lowest BCUT2D eigenvalue weighted by molar-refractivity contribution is 0.00541. The summed E-state index contributed by atoms with van der Waals surface area (Å²) in [6, 6.07) is 0. The number of nitrogens with zero attached hydrogens (tertiary/aromatic N) is 2. The Kier molecular flexibility index (Phi) is 2.30. The third kappa shape index (κ3) is 1.77. The SMILES string of the molecule is Nc1nc(N)c2c(n1)O[C@@]1(CNCCOC1)C2. The zero-order chi connectivity index (χ0) is 11.9. The predicted octanol–water partition coefficient (Wildman–Crippen LogP) is -1.07. The molecule has 0 saturated carbocycles. The predicted molar refractivity (Wildman–Crippen MR) is 61.6 cm³/mol. The summed E-state index contributed by atoms with van der Waals surface area (Å²) in [5.41, 5.74) is 11.8. The van der Waals surface area contributed by atoms with Crippen LogP contribution in [0.5, 0.6) is 5.88 Å². The molecule has 1 saturated heterocycles. The molecule has 1 atom stereocenters. The van der Waals surface area contributed by atoms with E-state index in [4.69, 9.17) is 20.9 Å². The van der Waals surface area contributed by atoms with Crippen molar-refractivity contribution in [2.24, 2.45) is 0 Å². The quantitative estimate of drug-likeness (QED) is 0.527. The molecule has 7 heteroatoms. The molecule has 3 heterocycles. The highest BCUT2D eigenvalue weighted by Crippen LogP contribution is 2.37. The van der Waals surface area contributed by atoms with Gasteiger partial charge >= 0.3 is 0 Å². The lowest BCUT2D eigenvalue weighted by atomic mass is 9.99. The molecular weight excluding hydrogens is 222 g/mol. The minimum absolute atomic E-state index is 0.140. The average Bonchev–Trinajstić information content (AvgIpc) is 2.47. The monoisotopic (exact) mass is 237 g/mol. The molecule has 2 aliphatic heterocycles. The third-order valence-electron chi connectivity index (χ3n) is 3.07. The molecule has 0 aliphatic carbocycles. The fourth-order valence-electron chi connectivity index (χ4n) is 2.26. The molecule has 0 aromatic carbocycles. The minimum Gasteiger partial charge on any atom is -0.466 e. The molecule has 7 nitrogen and oxygen atoms in total. The molecule has 3 rings (SSSR count). The first-order valence-electron chi connectivity index (χ1n) is 5.58. The topological polar surface area (TPSA) is 108 Å². The standard InChI is InChI=1S/C10H15N5O2/c11-7-6-3-10(4-13-1-2-16-5-10)17-8(6)15-9(12)14-7/h13H,1-5H2,(H4,11,12,14,15)/t10-/m1/s1. The number of ether oxygens (including phenoxy) is 2. The number of aromatic nitrogens is 2. The van der Waals surface area contributed by atoms with E-state index >= 15 is 0 Å². The van der Waals surface area contributed by atoms with Crippen molar-refractivity contribution in [3.05, 3.63) is 5.56 Å². The molecule has 5 N–H and O–H groups in total. The van der Waals surface area contributed by atoms with Gasteiger partial charge in [0.15, 0.2) is 5.60 Å². The van der Waals surface area contributed by atoms with Crippen LogP contribution in [0.4, 0.5) is 11.8 Å². The van der Waals surface area contributed by atoms with Crippen LogP contribution < -0.4 is 21.5 Å². The Balaban J connectivity index is 1.93. The normalized spacial score (nSPS) is 27.5. The fourth-order valence-corrected chi connectivity index (χ4v) is 2.26. The number of rotatable bonds is 0. The summed E-state index contributed by atoms with van der Waals surface area (Å²) in [6.07, 6.45) is 0.654. The van der Waals surface area contributed by atoms with E-state index in [1.807, 2.05) is 0 Å². The zero-order valence-electron chi connectivity index (χ0n) is 9.40. The first kappa shape index (κ1) is 10.5. The van der Waals surface area contributed by atoms with Gasteiger partial charge in [-0.15, -0.1) is 0 Å². The minimum atomic E-state index is -0.421. The summed E-state index contributed by atoms with van der Waals surface area (Å²) < 4.78 is 11.4. The van der Waals surface area contributed by atoms with Crippen LogP contribution in [0, 0.1) is 0 Å². The molecule has 1 fully saturated rings. The van der Waals surface area contributed by atoms with Crippen LogP contribution in [-0.2, 0) is 11.2 Å². The van der Waals surface area contributed by atoms with Gasteiger partial charge in [0.2, 0.25) is 11.8 Å². The fraction of sp³-hybridized carbons (Fsp3) is 0.600. The second kappa shape index (κ2) is 3.71. The molecule has 0 bridgehead atoms. The number of nitrogens with two attached hydrogens (primary N) is 2. The van der Waals surface area contributed by atoms with Crippen molar-refractivity contribution in [3.8, 4) is 5.88 Å². The number of nitrogens with one attached hydrogen (secondary N) is 1. The molecule has 1 spiro atoms. The number of fused-ring (bicyclic) bond motifs is 1. The second-order valence-electron chi connectivity index (χ2n) is 4.44. The highest BCUT2D eigenvalue weighted by molar-refractivity contribution is 5.52. The van der Waals surface area contributed by atoms with Gasteiger partial charge in [-0.3, -0.25) is 0 Å². The molecule has 17 heavy (non-hydrogen) atoms. The molecule has 1 aromatic heterocycles. The number of anilines is 2. The van der Waals surface area contributed by atoms with Crippen LogP contribution in [0.3, 0.4) is 0 Å². The Labute approximate surface area is 98.5 Å². The molecule has 2 aliphatic rings. The van der Waals surface area contributed by atoms with Gasteiger partial charge in [0.1, 0.15) is 5.82 Å². The molecule has 0 radical (unpaired) electrons. The van der Waals surface area contributed by atoms with Crippen LogP contribution in [0.1, 0.15) is 5.56 Å². The van der Waals surface area contributed by atoms with Crippen LogP contribution in [0.15, 0.2) is 0 Å². The Bertz CT molecular complexity index is 443. The third-order valence-corrected chi connectivity index (χ3v) is 3.07. The smallest absolute Gasteiger partial charge is 0.225 e. The van der Waals surface area contributed by atoms with E-state index in [2.05, 4.69) is 15.3 Å². The van der Waals surface area contributed by atoms with E-state index in [-0.39, 0.29) is 5.95 Å². The van der Waals surface area contributed by atoms with E-state index in [1.54, 1.807) is 0 Å². The summed E-state index contributed by atoms with van der Waals surface area (Å²) in [7, 11) is 0. The maximum atomic E-state index is 5.88. The lowest BCUT2D eigenvalue weighted by Gasteiger charge is -2.25. The number of nitrogen functional groups attached to an aromatic ring is 2. The molecule has 92 valence electrons. The zero-order valence-corrected chi connectivity index (χ0v) is 9.40. The highest BCUT2D eigenvalue weighted by atomic mass is 16.6. The van der Waals surface area contributed by atoms with Gasteiger partial charge in [-0.2, -0.15) is 9.97 Å². The van der Waals surface area contributed by atoms with E-state index in [0.717, 1.165) is 12.1 Å². The first-order valence-corrected chi connectivity index (χ1v) is 5.58. The Morgan fingerprint density at radius 1 is 1.29 bits per heavy atom. The Morgan fingerprint density at radius 3 is 3.06 bits per heavy atom. The Morgan fingerprint density at radius 2 is 2.18 bits per heavy atom. The molecule has 1 aromatic rings. The lowest BCUT2D eigenvalue weighted by Crippen LogP contribution is -2.46. The van der Waals surface area contributed by atoms with Crippen molar-refractivity contribution in [2.45, 2.75) is 12.0 Å². The maximum Gasteiger partial charge on any atom is 0.225 e. The van der Waals surface area contributed by atoms with Crippen molar-refractivity contribution >= 4 is 11.8 Å². The van der Waals surface area contributed by atoms with Crippen molar-refractivity contribution in [3.63, 3.8) is 0 Å². The van der Waals surface area contributed by atoms with Gasteiger partial charge in [0.25, 0.3) is 0 Å². The van der Waals surface area contributed by atoms with Crippen molar-refractivity contribution in [2.75, 3.05) is 37.8 Å². The van der Waals surface area contributed by atoms with Crippen LogP contribution >= 0.6 is 0 Å². The average molecular weight is 237 g/mol. The summed E-state index contributed by atoms with van der Waals surface area (Å²) in [5, 5.41) is 3.28. The van der Waals surface area contributed by atoms with Crippen LogP contribution in [0.2, 0.25) is 0 Å². The van der Waals surface area contributed by atoms with Gasteiger partial charge in [0, 0.05) is 19.5 Å². The van der Waals surface area contributed by atoms with Crippen molar-refractivity contribution < 1.29 is 9.47 Å². The van der Waals surface area contributed by atoms with E-state index in [0.29, 0.717) is 37.9 Å². The number of hydrogen-bond acceptors (Lipinski definition) is 7. The van der Waals surface area contributed by atoms with Crippen LogP contribution in [0.25, 0.3) is 0 Å². The van der Waals surface area contributed by atoms with E-state index in [1.165, 1.54) is 0 Å². The summed E-state index contributed by atoms with van der Waals surface area (Å²) in [4.78, 5) is 8.03. The molecule has 0 amide bonds. The van der Waals surface area contributed by atoms with Gasteiger partial charge < -0.3 is 26.3 Å². The highest BCUT2D eigenvalue weighted by Gasteiger charge is 2.42. The first-order chi connectivity index (χ1) is 8.19. The van der Waals surface area contributed by atoms with E-state index < -0.39 is 5.60 Å². The molecular formula is C10H15N5O2. The summed E-state index contributed by atoms with van der Waals surface area (Å²) in [5.74, 6) is 1.02.